The molecule has 2 aromatic heterocycles. The van der Waals surface area contributed by atoms with Gasteiger partial charge in [-0.15, -0.1) is 0 Å². The van der Waals surface area contributed by atoms with Crippen molar-refractivity contribution in [3.63, 3.8) is 0 Å². The van der Waals surface area contributed by atoms with E-state index in [4.69, 9.17) is 16.6 Å². The molecule has 3 heterocycles. The van der Waals surface area contributed by atoms with Crippen LogP contribution >= 0.6 is 11.6 Å². The van der Waals surface area contributed by atoms with E-state index in [9.17, 15) is 0 Å². The lowest BCUT2D eigenvalue weighted by atomic mass is 10.1. The molecule has 29 heavy (non-hydrogen) atoms. The third kappa shape index (κ3) is 3.37. The Bertz CT molecular complexity index is 1150. The van der Waals surface area contributed by atoms with E-state index in [2.05, 4.69) is 58.0 Å². The monoisotopic (exact) mass is 404 g/mol. The van der Waals surface area contributed by atoms with Crippen LogP contribution in [0, 0.1) is 0 Å². The van der Waals surface area contributed by atoms with Gasteiger partial charge in [-0.1, -0.05) is 48.0 Å². The van der Waals surface area contributed by atoms with Crippen LogP contribution in [0.3, 0.4) is 0 Å². The number of fused-ring (bicyclic) bond motifs is 1. The first-order valence-corrected chi connectivity index (χ1v) is 10.3. The van der Waals surface area contributed by atoms with Crippen molar-refractivity contribution in [1.82, 2.24) is 14.5 Å². The quantitative estimate of drug-likeness (QED) is 0.570. The number of halogens is 1. The highest BCUT2D eigenvalue weighted by molar-refractivity contribution is 6.30. The Balaban J connectivity index is 1.75. The summed E-state index contributed by atoms with van der Waals surface area (Å²) in [6.45, 7) is 4.21. The number of likely N-dealkylation sites (N-methyl/N-ethyl adjacent to an activating group) is 1. The lowest BCUT2D eigenvalue weighted by Crippen LogP contribution is -3.12. The molecule has 0 radical (unpaired) electrons. The largest absolute Gasteiger partial charge is 0.345 e. The lowest BCUT2D eigenvalue weighted by molar-refractivity contribution is -0.880. The Morgan fingerprint density at radius 2 is 1.76 bits per heavy atom. The van der Waals surface area contributed by atoms with Crippen molar-refractivity contribution in [2.45, 2.75) is 0 Å². The van der Waals surface area contributed by atoms with E-state index in [0.717, 1.165) is 59.8 Å². The van der Waals surface area contributed by atoms with Gasteiger partial charge in [0.1, 0.15) is 12.1 Å². The Morgan fingerprint density at radius 1 is 0.966 bits per heavy atom. The van der Waals surface area contributed by atoms with E-state index in [1.54, 1.807) is 11.2 Å². The summed E-state index contributed by atoms with van der Waals surface area (Å²) >= 11 is 6.28. The molecule has 0 spiro atoms. The van der Waals surface area contributed by atoms with E-state index in [1.165, 1.54) is 0 Å². The van der Waals surface area contributed by atoms with Gasteiger partial charge in [0, 0.05) is 22.5 Å². The van der Waals surface area contributed by atoms with Crippen LogP contribution in [0.25, 0.3) is 27.8 Å². The number of aromatic nitrogens is 3. The minimum Gasteiger partial charge on any atom is -0.345 e. The predicted octanol–water partition coefficient (Wildman–Crippen LogP) is 3.08. The third-order valence-electron chi connectivity index (χ3n) is 5.65. The zero-order valence-corrected chi connectivity index (χ0v) is 17.1. The molecule has 1 saturated heterocycles. The number of hydrogen-bond acceptors (Lipinski definition) is 3. The molecule has 6 heteroatoms. The van der Waals surface area contributed by atoms with Crippen LogP contribution in [0.2, 0.25) is 5.02 Å². The SMILES string of the molecule is C[NH+]1CCN(c2ncnc3c2c(-c2ccccc2)cn3-c2cccc(Cl)c2)CC1. The van der Waals surface area contributed by atoms with Gasteiger partial charge in [0.15, 0.2) is 5.65 Å². The maximum absolute atomic E-state index is 6.28. The van der Waals surface area contributed by atoms with Crippen molar-refractivity contribution in [2.75, 3.05) is 38.1 Å². The normalized spacial score (nSPS) is 15.2. The van der Waals surface area contributed by atoms with Crippen LogP contribution in [-0.4, -0.2) is 47.8 Å². The molecule has 1 aliphatic rings. The zero-order valence-electron chi connectivity index (χ0n) is 16.3. The molecule has 5 rings (SSSR count). The van der Waals surface area contributed by atoms with Crippen molar-refractivity contribution >= 4 is 28.5 Å². The molecular weight excluding hydrogens is 382 g/mol. The summed E-state index contributed by atoms with van der Waals surface area (Å²) in [6.07, 6.45) is 3.84. The third-order valence-corrected chi connectivity index (χ3v) is 5.89. The van der Waals surface area contributed by atoms with Crippen molar-refractivity contribution in [3.05, 3.63) is 72.1 Å². The number of nitrogens with one attached hydrogen (secondary N) is 1. The highest BCUT2D eigenvalue weighted by Gasteiger charge is 2.24. The van der Waals surface area contributed by atoms with Gasteiger partial charge in [-0.05, 0) is 23.8 Å². The van der Waals surface area contributed by atoms with E-state index in [1.807, 2.05) is 24.3 Å². The molecule has 0 amide bonds. The topological polar surface area (TPSA) is 38.4 Å². The second kappa shape index (κ2) is 7.50. The Morgan fingerprint density at radius 3 is 2.52 bits per heavy atom. The first-order chi connectivity index (χ1) is 14.2. The molecule has 0 unspecified atom stereocenters. The van der Waals surface area contributed by atoms with E-state index >= 15 is 0 Å². The fourth-order valence-electron chi connectivity index (χ4n) is 4.05. The van der Waals surface area contributed by atoms with Gasteiger partial charge in [-0.3, -0.25) is 0 Å². The number of anilines is 1. The lowest BCUT2D eigenvalue weighted by Gasteiger charge is -2.31. The number of piperazine rings is 1. The van der Waals surface area contributed by atoms with Gasteiger partial charge in [0.2, 0.25) is 0 Å². The second-order valence-corrected chi connectivity index (χ2v) is 8.04. The molecule has 0 aliphatic carbocycles. The molecule has 146 valence electrons. The molecule has 0 atom stereocenters. The summed E-state index contributed by atoms with van der Waals surface area (Å²) in [5, 5.41) is 1.81. The van der Waals surface area contributed by atoms with Crippen molar-refractivity contribution in [3.8, 4) is 16.8 Å². The molecule has 1 N–H and O–H groups in total. The summed E-state index contributed by atoms with van der Waals surface area (Å²) in [5.74, 6) is 1.02. The average Bonchev–Trinajstić information content (AvgIpc) is 3.15. The summed E-state index contributed by atoms with van der Waals surface area (Å²) in [4.78, 5) is 13.4. The van der Waals surface area contributed by atoms with Crippen molar-refractivity contribution < 1.29 is 4.90 Å². The first kappa shape index (κ1) is 18.2. The first-order valence-electron chi connectivity index (χ1n) is 9.94. The van der Waals surface area contributed by atoms with Gasteiger partial charge in [0.05, 0.1) is 38.6 Å². The van der Waals surface area contributed by atoms with Crippen LogP contribution in [0.15, 0.2) is 67.1 Å². The van der Waals surface area contributed by atoms with Crippen LogP contribution in [0.4, 0.5) is 5.82 Å². The van der Waals surface area contributed by atoms with Crippen LogP contribution < -0.4 is 9.80 Å². The molecule has 1 fully saturated rings. The number of nitrogens with zero attached hydrogens (tertiary/aromatic N) is 4. The smallest absolute Gasteiger partial charge is 0.150 e. The summed E-state index contributed by atoms with van der Waals surface area (Å²) in [7, 11) is 2.25. The molecule has 0 saturated carbocycles. The zero-order chi connectivity index (χ0) is 19.8. The van der Waals surface area contributed by atoms with E-state index in [-0.39, 0.29) is 0 Å². The fourth-order valence-corrected chi connectivity index (χ4v) is 4.23. The minimum absolute atomic E-state index is 0.710. The molecule has 5 nitrogen and oxygen atoms in total. The van der Waals surface area contributed by atoms with Gasteiger partial charge < -0.3 is 14.4 Å². The van der Waals surface area contributed by atoms with E-state index < -0.39 is 0 Å². The minimum atomic E-state index is 0.710. The predicted molar refractivity (Wildman–Crippen MR) is 118 cm³/mol. The maximum Gasteiger partial charge on any atom is 0.150 e. The van der Waals surface area contributed by atoms with Crippen LogP contribution in [-0.2, 0) is 0 Å². The number of benzene rings is 2. The van der Waals surface area contributed by atoms with E-state index in [0.29, 0.717) is 5.02 Å². The van der Waals surface area contributed by atoms with Gasteiger partial charge >= 0.3 is 0 Å². The maximum atomic E-state index is 6.28. The fraction of sp³-hybridized carbons (Fsp3) is 0.217. The molecule has 1 aliphatic heterocycles. The van der Waals surface area contributed by atoms with Crippen molar-refractivity contribution in [1.29, 1.82) is 0 Å². The highest BCUT2D eigenvalue weighted by atomic mass is 35.5. The summed E-state index contributed by atoms with van der Waals surface area (Å²) < 4.78 is 2.12. The number of quaternary nitrogens is 1. The van der Waals surface area contributed by atoms with Gasteiger partial charge in [0.25, 0.3) is 0 Å². The van der Waals surface area contributed by atoms with Crippen LogP contribution in [0.1, 0.15) is 0 Å². The van der Waals surface area contributed by atoms with Crippen molar-refractivity contribution in [2.24, 2.45) is 0 Å². The van der Waals surface area contributed by atoms with Gasteiger partial charge in [-0.25, -0.2) is 9.97 Å². The Hall–Kier alpha value is -2.89. The summed E-state index contributed by atoms with van der Waals surface area (Å²) in [5.41, 5.74) is 4.20. The average molecular weight is 405 g/mol. The van der Waals surface area contributed by atoms with Crippen LogP contribution in [0.5, 0.6) is 0 Å². The number of hydrogen-bond donors (Lipinski definition) is 1. The molecule has 0 bridgehead atoms. The molecule has 4 aromatic rings. The standard InChI is InChI=1S/C23H22ClN5/c1-27-10-12-28(13-11-27)22-21-20(17-6-3-2-4-7-17)15-29(23(21)26-16-25-22)19-9-5-8-18(24)14-19/h2-9,14-16H,10-13H2,1H3/p+1. The summed E-state index contributed by atoms with van der Waals surface area (Å²) in [6, 6.07) is 18.3. The highest BCUT2D eigenvalue weighted by Crippen LogP contribution is 2.36. The van der Waals surface area contributed by atoms with Gasteiger partial charge in [-0.2, -0.15) is 0 Å². The second-order valence-electron chi connectivity index (χ2n) is 7.60. The Kier molecular flexibility index (Phi) is 4.70. The molecule has 2 aromatic carbocycles. The molecular formula is C23H23ClN5+. The number of rotatable bonds is 3. The Labute approximate surface area is 175 Å².